The summed E-state index contributed by atoms with van der Waals surface area (Å²) in [6.07, 6.45) is 5.64. The average molecular weight is 206 g/mol. The molecule has 1 aromatic rings. The lowest BCUT2D eigenvalue weighted by molar-refractivity contribution is 0.331. The Morgan fingerprint density at radius 2 is 2.07 bits per heavy atom. The van der Waals surface area contributed by atoms with Crippen LogP contribution >= 0.6 is 0 Å². The van der Waals surface area contributed by atoms with Crippen LogP contribution in [-0.2, 0) is 13.0 Å². The Hall–Kier alpha value is -0.870. The van der Waals surface area contributed by atoms with E-state index >= 15 is 0 Å². The summed E-state index contributed by atoms with van der Waals surface area (Å²) >= 11 is 0. The first-order chi connectivity index (χ1) is 7.45. The van der Waals surface area contributed by atoms with Crippen LogP contribution in [0, 0.1) is 0 Å². The van der Waals surface area contributed by atoms with Gasteiger partial charge in [0.05, 0.1) is 17.9 Å². The molecule has 0 radical (unpaired) electrons. The Morgan fingerprint density at radius 1 is 1.20 bits per heavy atom. The number of piperidine rings is 1. The molecule has 0 spiro atoms. The summed E-state index contributed by atoms with van der Waals surface area (Å²) in [5.41, 5.74) is 2.88. The van der Waals surface area contributed by atoms with Crippen LogP contribution in [0.2, 0.25) is 0 Å². The van der Waals surface area contributed by atoms with Crippen molar-refractivity contribution >= 4 is 0 Å². The number of fused-ring (bicyclic) bond motifs is 1. The highest BCUT2D eigenvalue weighted by atomic mass is 15.3. The first-order valence-corrected chi connectivity index (χ1v) is 5.92. The molecule has 1 saturated heterocycles. The van der Waals surface area contributed by atoms with Gasteiger partial charge in [0.15, 0.2) is 0 Å². The molecule has 0 aliphatic carbocycles. The lowest BCUT2D eigenvalue weighted by Gasteiger charge is -2.26. The van der Waals surface area contributed by atoms with Crippen molar-refractivity contribution in [3.8, 4) is 0 Å². The SMILES string of the molecule is c1nn(C2CCNCC2)c2c1CCNC2. The van der Waals surface area contributed by atoms with Crippen molar-refractivity contribution in [2.45, 2.75) is 31.8 Å². The molecule has 2 N–H and O–H groups in total. The summed E-state index contributed by atoms with van der Waals surface area (Å²) in [7, 11) is 0. The maximum absolute atomic E-state index is 4.57. The summed E-state index contributed by atoms with van der Waals surface area (Å²) < 4.78 is 2.27. The van der Waals surface area contributed by atoms with Gasteiger partial charge in [-0.3, -0.25) is 4.68 Å². The van der Waals surface area contributed by atoms with E-state index in [-0.39, 0.29) is 0 Å². The number of nitrogens with one attached hydrogen (secondary N) is 2. The van der Waals surface area contributed by atoms with Crippen LogP contribution in [0.4, 0.5) is 0 Å². The van der Waals surface area contributed by atoms with Gasteiger partial charge in [-0.2, -0.15) is 5.10 Å². The average Bonchev–Trinajstić information content (AvgIpc) is 2.74. The van der Waals surface area contributed by atoms with Crippen LogP contribution < -0.4 is 10.6 Å². The van der Waals surface area contributed by atoms with Gasteiger partial charge in [0.25, 0.3) is 0 Å². The standard InChI is InChI=1S/C11H18N4/c1-4-13-8-11-9(1)7-14-15(11)10-2-5-12-6-3-10/h7,10,12-13H,1-6,8H2. The molecule has 1 fully saturated rings. The topological polar surface area (TPSA) is 41.9 Å². The molecule has 4 nitrogen and oxygen atoms in total. The molecular formula is C11H18N4. The second-order valence-corrected chi connectivity index (χ2v) is 4.47. The van der Waals surface area contributed by atoms with Gasteiger partial charge < -0.3 is 10.6 Å². The molecule has 15 heavy (non-hydrogen) atoms. The first-order valence-electron chi connectivity index (χ1n) is 5.92. The van der Waals surface area contributed by atoms with E-state index in [1.54, 1.807) is 0 Å². The minimum Gasteiger partial charge on any atom is -0.317 e. The third-order valence-electron chi connectivity index (χ3n) is 3.50. The lowest BCUT2D eigenvalue weighted by Crippen LogP contribution is -2.32. The normalized spacial score (nSPS) is 22.7. The Labute approximate surface area is 90.0 Å². The van der Waals surface area contributed by atoms with E-state index in [2.05, 4.69) is 26.6 Å². The molecule has 0 bridgehead atoms. The molecular weight excluding hydrogens is 188 g/mol. The van der Waals surface area contributed by atoms with E-state index < -0.39 is 0 Å². The monoisotopic (exact) mass is 206 g/mol. The molecule has 0 atom stereocenters. The zero-order valence-corrected chi connectivity index (χ0v) is 9.00. The maximum atomic E-state index is 4.57. The van der Waals surface area contributed by atoms with E-state index in [0.717, 1.165) is 32.6 Å². The van der Waals surface area contributed by atoms with Crippen molar-refractivity contribution < 1.29 is 0 Å². The molecule has 1 aromatic heterocycles. The predicted octanol–water partition coefficient (Wildman–Crippen LogP) is 0.453. The van der Waals surface area contributed by atoms with E-state index in [9.17, 15) is 0 Å². The molecule has 4 heteroatoms. The molecule has 3 heterocycles. The Bertz CT molecular complexity index is 338. The van der Waals surface area contributed by atoms with Gasteiger partial charge in [0.1, 0.15) is 0 Å². The van der Waals surface area contributed by atoms with Gasteiger partial charge in [-0.15, -0.1) is 0 Å². The molecule has 0 unspecified atom stereocenters. The van der Waals surface area contributed by atoms with Crippen LogP contribution in [0.3, 0.4) is 0 Å². The zero-order chi connectivity index (χ0) is 10.1. The Morgan fingerprint density at radius 3 is 2.93 bits per heavy atom. The van der Waals surface area contributed by atoms with Crippen LogP contribution in [0.15, 0.2) is 6.20 Å². The number of hydrogen-bond acceptors (Lipinski definition) is 3. The summed E-state index contributed by atoms with van der Waals surface area (Å²) in [6, 6.07) is 0.620. The number of nitrogens with zero attached hydrogens (tertiary/aromatic N) is 2. The smallest absolute Gasteiger partial charge is 0.0557 e. The number of rotatable bonds is 1. The fraction of sp³-hybridized carbons (Fsp3) is 0.727. The lowest BCUT2D eigenvalue weighted by atomic mass is 10.1. The van der Waals surface area contributed by atoms with Crippen molar-refractivity contribution in [3.63, 3.8) is 0 Å². The van der Waals surface area contributed by atoms with Gasteiger partial charge in [0, 0.05) is 6.54 Å². The Balaban J connectivity index is 1.87. The first kappa shape index (κ1) is 9.36. The summed E-state index contributed by atoms with van der Waals surface area (Å²) in [6.45, 7) is 4.36. The van der Waals surface area contributed by atoms with Gasteiger partial charge in [0.2, 0.25) is 0 Å². The molecule has 2 aliphatic heterocycles. The van der Waals surface area contributed by atoms with Gasteiger partial charge in [-0.25, -0.2) is 0 Å². The second-order valence-electron chi connectivity index (χ2n) is 4.47. The van der Waals surface area contributed by atoms with Crippen LogP contribution in [0.5, 0.6) is 0 Å². The maximum Gasteiger partial charge on any atom is 0.0557 e. The Kier molecular flexibility index (Phi) is 2.46. The van der Waals surface area contributed by atoms with Crippen molar-refractivity contribution in [3.05, 3.63) is 17.5 Å². The van der Waals surface area contributed by atoms with E-state index in [4.69, 9.17) is 0 Å². The van der Waals surface area contributed by atoms with Crippen molar-refractivity contribution in [2.75, 3.05) is 19.6 Å². The highest BCUT2D eigenvalue weighted by molar-refractivity contribution is 5.21. The van der Waals surface area contributed by atoms with Crippen molar-refractivity contribution in [1.82, 2.24) is 20.4 Å². The van der Waals surface area contributed by atoms with Gasteiger partial charge in [-0.05, 0) is 44.5 Å². The summed E-state index contributed by atoms with van der Waals surface area (Å²) in [5.74, 6) is 0. The van der Waals surface area contributed by atoms with Gasteiger partial charge in [-0.1, -0.05) is 0 Å². The minimum atomic E-state index is 0.620. The molecule has 0 saturated carbocycles. The van der Waals surface area contributed by atoms with Crippen LogP contribution in [0.1, 0.15) is 30.1 Å². The fourth-order valence-corrected chi connectivity index (χ4v) is 2.62. The minimum absolute atomic E-state index is 0.620. The highest BCUT2D eigenvalue weighted by Gasteiger charge is 2.21. The number of hydrogen-bond donors (Lipinski definition) is 2. The molecule has 2 aliphatic rings. The third kappa shape index (κ3) is 1.68. The third-order valence-corrected chi connectivity index (χ3v) is 3.50. The van der Waals surface area contributed by atoms with Crippen molar-refractivity contribution in [2.24, 2.45) is 0 Å². The van der Waals surface area contributed by atoms with Crippen LogP contribution in [0.25, 0.3) is 0 Å². The predicted molar refractivity (Wildman–Crippen MR) is 58.8 cm³/mol. The van der Waals surface area contributed by atoms with E-state index in [1.165, 1.54) is 24.1 Å². The fourth-order valence-electron chi connectivity index (χ4n) is 2.62. The molecule has 3 rings (SSSR count). The van der Waals surface area contributed by atoms with Crippen molar-refractivity contribution in [1.29, 1.82) is 0 Å². The summed E-state index contributed by atoms with van der Waals surface area (Å²) in [5, 5.41) is 11.4. The van der Waals surface area contributed by atoms with E-state index in [1.807, 2.05) is 0 Å². The summed E-state index contributed by atoms with van der Waals surface area (Å²) in [4.78, 5) is 0. The molecule has 0 amide bonds. The largest absolute Gasteiger partial charge is 0.317 e. The number of aromatic nitrogens is 2. The molecule has 82 valence electrons. The molecule has 0 aromatic carbocycles. The van der Waals surface area contributed by atoms with E-state index in [0.29, 0.717) is 6.04 Å². The zero-order valence-electron chi connectivity index (χ0n) is 9.00. The van der Waals surface area contributed by atoms with Crippen LogP contribution in [-0.4, -0.2) is 29.4 Å². The van der Waals surface area contributed by atoms with Gasteiger partial charge >= 0.3 is 0 Å². The quantitative estimate of drug-likeness (QED) is 0.701. The second kappa shape index (κ2) is 3.94. The highest BCUT2D eigenvalue weighted by Crippen LogP contribution is 2.23.